The Morgan fingerprint density at radius 1 is 1.30 bits per heavy atom. The average Bonchev–Trinajstić information content (AvgIpc) is 2.90. The van der Waals surface area contributed by atoms with Gasteiger partial charge < -0.3 is 9.32 Å². The van der Waals surface area contributed by atoms with Crippen LogP contribution in [-0.4, -0.2) is 55.8 Å². The van der Waals surface area contributed by atoms with Gasteiger partial charge in [0.1, 0.15) is 0 Å². The van der Waals surface area contributed by atoms with Crippen LogP contribution in [0.3, 0.4) is 0 Å². The van der Waals surface area contributed by atoms with E-state index < -0.39 is 10.2 Å². The van der Waals surface area contributed by atoms with Crippen LogP contribution < -0.4 is 4.72 Å². The van der Waals surface area contributed by atoms with E-state index in [1.165, 1.54) is 10.6 Å². The molecule has 0 bridgehead atoms. The Balaban J connectivity index is 1.94. The fourth-order valence-corrected chi connectivity index (χ4v) is 3.45. The number of carbonyl (C=O) groups is 1. The Labute approximate surface area is 118 Å². The molecule has 1 aromatic rings. The molecule has 1 saturated heterocycles. The first-order valence-electron chi connectivity index (χ1n) is 6.50. The largest absolute Gasteiger partial charge is 0.459 e. The molecule has 112 valence electrons. The first-order chi connectivity index (χ1) is 9.40. The molecule has 1 aromatic heterocycles. The number of nitrogens with one attached hydrogen (secondary N) is 1. The molecule has 0 saturated carbocycles. The molecule has 2 heterocycles. The van der Waals surface area contributed by atoms with E-state index in [1.807, 2.05) is 0 Å². The van der Waals surface area contributed by atoms with E-state index in [-0.39, 0.29) is 30.8 Å². The van der Waals surface area contributed by atoms with E-state index in [9.17, 15) is 13.2 Å². The second-order valence-corrected chi connectivity index (χ2v) is 6.65. The highest BCUT2D eigenvalue weighted by atomic mass is 32.2. The molecule has 2 rings (SSSR count). The van der Waals surface area contributed by atoms with Crippen LogP contribution in [0.2, 0.25) is 0 Å². The van der Waals surface area contributed by atoms with Crippen molar-refractivity contribution < 1.29 is 17.6 Å². The molecule has 1 N–H and O–H groups in total. The third kappa shape index (κ3) is 3.38. The maximum absolute atomic E-state index is 12.0. The van der Waals surface area contributed by atoms with Crippen molar-refractivity contribution >= 4 is 16.1 Å². The van der Waals surface area contributed by atoms with Gasteiger partial charge in [-0.3, -0.25) is 4.79 Å². The third-order valence-corrected chi connectivity index (χ3v) is 4.80. The molecule has 1 aliphatic rings. The van der Waals surface area contributed by atoms with E-state index in [1.54, 1.807) is 30.9 Å². The zero-order chi connectivity index (χ0) is 14.8. The standard InChI is InChI=1S/C12H19N3O4S/c1-10(2)13-20(17,18)15-7-5-14(6-8-15)12(16)11-4-3-9-19-11/h3-4,9-10,13H,5-8H2,1-2H3. The van der Waals surface area contributed by atoms with Crippen LogP contribution in [-0.2, 0) is 10.2 Å². The number of hydrogen-bond donors (Lipinski definition) is 1. The first-order valence-corrected chi connectivity index (χ1v) is 7.94. The van der Waals surface area contributed by atoms with Crippen molar-refractivity contribution in [3.05, 3.63) is 24.2 Å². The highest BCUT2D eigenvalue weighted by Crippen LogP contribution is 2.11. The minimum atomic E-state index is -3.46. The Morgan fingerprint density at radius 2 is 1.95 bits per heavy atom. The summed E-state index contributed by atoms with van der Waals surface area (Å²) in [5.74, 6) is 0.0745. The van der Waals surface area contributed by atoms with Crippen LogP contribution in [0.25, 0.3) is 0 Å². The number of rotatable bonds is 4. The van der Waals surface area contributed by atoms with Gasteiger partial charge in [-0.15, -0.1) is 0 Å². The molecule has 20 heavy (non-hydrogen) atoms. The summed E-state index contributed by atoms with van der Waals surface area (Å²) in [5.41, 5.74) is 0. The summed E-state index contributed by atoms with van der Waals surface area (Å²) in [5, 5.41) is 0. The number of amides is 1. The number of nitrogens with zero attached hydrogens (tertiary/aromatic N) is 2. The summed E-state index contributed by atoms with van der Waals surface area (Å²) in [6.45, 7) is 4.84. The minimum absolute atomic E-state index is 0.150. The van der Waals surface area contributed by atoms with E-state index in [0.29, 0.717) is 13.1 Å². The fraction of sp³-hybridized carbons (Fsp3) is 0.583. The smallest absolute Gasteiger partial charge is 0.289 e. The Morgan fingerprint density at radius 3 is 2.45 bits per heavy atom. The maximum Gasteiger partial charge on any atom is 0.289 e. The first kappa shape index (κ1) is 15.0. The number of hydrogen-bond acceptors (Lipinski definition) is 4. The molecule has 8 heteroatoms. The number of piperazine rings is 1. The van der Waals surface area contributed by atoms with Crippen molar-refractivity contribution in [1.82, 2.24) is 13.9 Å². The highest BCUT2D eigenvalue weighted by Gasteiger charge is 2.30. The third-order valence-electron chi connectivity index (χ3n) is 2.98. The van der Waals surface area contributed by atoms with Gasteiger partial charge in [-0.2, -0.15) is 17.4 Å². The van der Waals surface area contributed by atoms with Crippen LogP contribution in [0.5, 0.6) is 0 Å². The van der Waals surface area contributed by atoms with Crippen LogP contribution in [0.1, 0.15) is 24.4 Å². The molecule has 7 nitrogen and oxygen atoms in total. The molecule has 0 unspecified atom stereocenters. The molecule has 0 aliphatic carbocycles. The van der Waals surface area contributed by atoms with Gasteiger partial charge in [-0.05, 0) is 26.0 Å². The average molecular weight is 301 g/mol. The van der Waals surface area contributed by atoms with Crippen LogP contribution in [0, 0.1) is 0 Å². The molecule has 1 amide bonds. The summed E-state index contributed by atoms with van der Waals surface area (Å²) in [7, 11) is -3.46. The topological polar surface area (TPSA) is 82.9 Å². The minimum Gasteiger partial charge on any atom is -0.459 e. The highest BCUT2D eigenvalue weighted by molar-refractivity contribution is 7.87. The van der Waals surface area contributed by atoms with Crippen molar-refractivity contribution in [3.8, 4) is 0 Å². The lowest BCUT2D eigenvalue weighted by Gasteiger charge is -2.33. The molecule has 0 radical (unpaired) electrons. The lowest BCUT2D eigenvalue weighted by Crippen LogP contribution is -2.54. The molecule has 1 aliphatic heterocycles. The Kier molecular flexibility index (Phi) is 4.46. The van der Waals surface area contributed by atoms with Gasteiger partial charge in [-0.1, -0.05) is 0 Å². The second kappa shape index (κ2) is 5.94. The van der Waals surface area contributed by atoms with Crippen molar-refractivity contribution in [3.63, 3.8) is 0 Å². The molecule has 0 atom stereocenters. The van der Waals surface area contributed by atoms with E-state index >= 15 is 0 Å². The second-order valence-electron chi connectivity index (χ2n) is 4.95. The Bertz CT molecular complexity index is 545. The molecule has 1 fully saturated rings. The predicted molar refractivity (Wildman–Crippen MR) is 73.4 cm³/mol. The van der Waals surface area contributed by atoms with Gasteiger partial charge in [0.2, 0.25) is 0 Å². The quantitative estimate of drug-likeness (QED) is 0.866. The number of furan rings is 1. The monoisotopic (exact) mass is 301 g/mol. The van der Waals surface area contributed by atoms with Crippen molar-refractivity contribution in [2.45, 2.75) is 19.9 Å². The summed E-state index contributed by atoms with van der Waals surface area (Å²) in [6, 6.07) is 3.11. The van der Waals surface area contributed by atoms with Crippen molar-refractivity contribution in [2.24, 2.45) is 0 Å². The van der Waals surface area contributed by atoms with Crippen LogP contribution in [0.15, 0.2) is 22.8 Å². The lowest BCUT2D eigenvalue weighted by molar-refractivity contribution is 0.0665. The van der Waals surface area contributed by atoms with E-state index in [0.717, 1.165) is 0 Å². The van der Waals surface area contributed by atoms with E-state index in [2.05, 4.69) is 4.72 Å². The lowest BCUT2D eigenvalue weighted by atomic mass is 10.3. The van der Waals surface area contributed by atoms with Gasteiger partial charge in [-0.25, -0.2) is 0 Å². The fourth-order valence-electron chi connectivity index (χ4n) is 2.06. The normalized spacial score (nSPS) is 17.6. The van der Waals surface area contributed by atoms with E-state index in [4.69, 9.17) is 4.42 Å². The van der Waals surface area contributed by atoms with Crippen LogP contribution in [0.4, 0.5) is 0 Å². The van der Waals surface area contributed by atoms with Gasteiger partial charge in [0, 0.05) is 32.2 Å². The Hall–Kier alpha value is -1.38. The molecular formula is C12H19N3O4S. The zero-order valence-corrected chi connectivity index (χ0v) is 12.4. The summed E-state index contributed by atoms with van der Waals surface area (Å²) in [6.07, 6.45) is 1.44. The zero-order valence-electron chi connectivity index (χ0n) is 11.6. The summed E-state index contributed by atoms with van der Waals surface area (Å²) >= 11 is 0. The molecule has 0 aromatic carbocycles. The van der Waals surface area contributed by atoms with Crippen molar-refractivity contribution in [1.29, 1.82) is 0 Å². The maximum atomic E-state index is 12.0. The van der Waals surface area contributed by atoms with Gasteiger partial charge in [0.05, 0.1) is 6.26 Å². The number of carbonyl (C=O) groups excluding carboxylic acids is 1. The van der Waals surface area contributed by atoms with Gasteiger partial charge in [0.25, 0.3) is 16.1 Å². The van der Waals surface area contributed by atoms with Gasteiger partial charge in [0.15, 0.2) is 5.76 Å². The SMILES string of the molecule is CC(C)NS(=O)(=O)N1CCN(C(=O)c2ccco2)CC1. The molecular weight excluding hydrogens is 282 g/mol. The van der Waals surface area contributed by atoms with Crippen LogP contribution >= 0.6 is 0 Å². The summed E-state index contributed by atoms with van der Waals surface area (Å²) in [4.78, 5) is 13.6. The predicted octanol–water partition coefficient (Wildman–Crippen LogP) is 0.280. The molecule has 0 spiro atoms. The van der Waals surface area contributed by atoms with Gasteiger partial charge >= 0.3 is 0 Å². The van der Waals surface area contributed by atoms with Crippen molar-refractivity contribution in [2.75, 3.05) is 26.2 Å². The summed E-state index contributed by atoms with van der Waals surface area (Å²) < 4.78 is 32.9.